The Morgan fingerprint density at radius 3 is 2.05 bits per heavy atom. The number of nitrogens with zero attached hydrogens (tertiary/aromatic N) is 3. The molecule has 40 heavy (non-hydrogen) atoms. The summed E-state index contributed by atoms with van der Waals surface area (Å²) in [4.78, 5) is 13.4. The molecule has 1 saturated heterocycles. The van der Waals surface area contributed by atoms with E-state index in [-0.39, 0.29) is 29.4 Å². The molecule has 1 atom stereocenters. The molecule has 1 fully saturated rings. The molecule has 3 aromatic carbocycles. The summed E-state index contributed by atoms with van der Waals surface area (Å²) in [6.45, 7) is 4.01. The molecule has 0 saturated carbocycles. The van der Waals surface area contributed by atoms with Gasteiger partial charge in [0.05, 0.1) is 22.6 Å². The Bertz CT molecular complexity index is 1530. The van der Waals surface area contributed by atoms with Gasteiger partial charge in [0, 0.05) is 19.6 Å². The number of carbonyl (C=O) groups is 1. The van der Waals surface area contributed by atoms with Crippen molar-refractivity contribution >= 4 is 32.2 Å². The summed E-state index contributed by atoms with van der Waals surface area (Å²) in [7, 11) is -8.06. The number of benzene rings is 3. The fourth-order valence-electron chi connectivity index (χ4n) is 4.09. The molecule has 212 valence electrons. The number of rotatable bonds is 10. The molecule has 0 aliphatic carbocycles. The second kappa shape index (κ2) is 12.7. The highest BCUT2D eigenvalue weighted by molar-refractivity contribution is 7.89. The van der Waals surface area contributed by atoms with Gasteiger partial charge in [-0.05, 0) is 60.0 Å². The minimum absolute atomic E-state index is 0.00967. The zero-order valence-corrected chi connectivity index (χ0v) is 23.9. The van der Waals surface area contributed by atoms with Crippen LogP contribution in [0.1, 0.15) is 19.4 Å². The smallest absolute Gasteiger partial charge is 0.259 e. The lowest BCUT2D eigenvalue weighted by Crippen LogP contribution is -2.60. The molecule has 1 amide bonds. The maximum absolute atomic E-state index is 13.5. The quantitative estimate of drug-likeness (QED) is 0.289. The van der Waals surface area contributed by atoms with Crippen LogP contribution in [0.25, 0.3) is 0 Å². The van der Waals surface area contributed by atoms with Crippen molar-refractivity contribution in [1.82, 2.24) is 14.0 Å². The lowest BCUT2D eigenvalue weighted by molar-refractivity contribution is -0.125. The van der Waals surface area contributed by atoms with Crippen LogP contribution < -0.4 is 10.2 Å². The van der Waals surface area contributed by atoms with Crippen LogP contribution in [0.3, 0.4) is 0 Å². The SMILES string of the molecule is CC(C)COc1ccc(/C=N\NC(=O)[C@H]2CN(S(=O)(=O)c3ccccc3)CCN2S(=O)(=O)c2ccccc2)cc1. The number of carbonyl (C=O) groups excluding carboxylic acids is 1. The molecule has 0 bridgehead atoms. The molecule has 12 heteroatoms. The molecule has 10 nitrogen and oxygen atoms in total. The summed E-state index contributed by atoms with van der Waals surface area (Å²) >= 11 is 0. The van der Waals surface area contributed by atoms with Gasteiger partial charge in [-0.25, -0.2) is 22.3 Å². The molecule has 0 unspecified atom stereocenters. The predicted molar refractivity (Wildman–Crippen MR) is 152 cm³/mol. The lowest BCUT2D eigenvalue weighted by Gasteiger charge is -2.38. The van der Waals surface area contributed by atoms with E-state index in [1.807, 2.05) is 0 Å². The van der Waals surface area contributed by atoms with Crippen LogP contribution >= 0.6 is 0 Å². The molecule has 1 heterocycles. The van der Waals surface area contributed by atoms with E-state index >= 15 is 0 Å². The Hall–Kier alpha value is -3.58. The van der Waals surface area contributed by atoms with Gasteiger partial charge in [-0.1, -0.05) is 50.2 Å². The Labute approximate surface area is 235 Å². The van der Waals surface area contributed by atoms with E-state index in [0.29, 0.717) is 23.8 Å². The van der Waals surface area contributed by atoms with E-state index in [0.717, 1.165) is 8.61 Å². The van der Waals surface area contributed by atoms with Gasteiger partial charge in [-0.15, -0.1) is 0 Å². The molecule has 1 N–H and O–H groups in total. The van der Waals surface area contributed by atoms with Crippen molar-refractivity contribution in [3.8, 4) is 5.75 Å². The summed E-state index contributed by atoms with van der Waals surface area (Å²) in [5.74, 6) is 0.347. The average Bonchev–Trinajstić information content (AvgIpc) is 2.97. The van der Waals surface area contributed by atoms with Crippen molar-refractivity contribution in [2.45, 2.75) is 29.7 Å². The zero-order chi connectivity index (χ0) is 28.8. The molecular formula is C28H32N4O6S2. The fourth-order valence-corrected chi connectivity index (χ4v) is 7.14. The monoisotopic (exact) mass is 584 g/mol. The summed E-state index contributed by atoms with van der Waals surface area (Å²) in [6, 6.07) is 21.3. The molecule has 4 rings (SSSR count). The van der Waals surface area contributed by atoms with E-state index in [2.05, 4.69) is 24.4 Å². The minimum atomic E-state index is -4.10. The highest BCUT2D eigenvalue weighted by Crippen LogP contribution is 2.25. The average molecular weight is 585 g/mol. The number of amides is 1. The van der Waals surface area contributed by atoms with Gasteiger partial charge in [0.1, 0.15) is 11.8 Å². The third-order valence-corrected chi connectivity index (χ3v) is 9.98. The van der Waals surface area contributed by atoms with Crippen molar-refractivity contribution in [2.24, 2.45) is 11.0 Å². The Morgan fingerprint density at radius 1 is 0.900 bits per heavy atom. The van der Waals surface area contributed by atoms with Gasteiger partial charge in [-0.2, -0.15) is 13.7 Å². The van der Waals surface area contributed by atoms with E-state index < -0.39 is 32.0 Å². The summed E-state index contributed by atoms with van der Waals surface area (Å²) in [5.41, 5.74) is 3.08. The normalized spacial score (nSPS) is 17.2. The van der Waals surface area contributed by atoms with Crippen LogP contribution in [0.5, 0.6) is 5.75 Å². The number of ether oxygens (including phenoxy) is 1. The number of nitrogens with one attached hydrogen (secondary N) is 1. The lowest BCUT2D eigenvalue weighted by atomic mass is 10.2. The molecule has 1 aliphatic rings. The number of hydrogen-bond donors (Lipinski definition) is 1. The highest BCUT2D eigenvalue weighted by atomic mass is 32.2. The Kier molecular flexibility index (Phi) is 9.36. The van der Waals surface area contributed by atoms with Gasteiger partial charge in [0.25, 0.3) is 5.91 Å². The molecule has 0 radical (unpaired) electrons. The summed E-state index contributed by atoms with van der Waals surface area (Å²) in [6.07, 6.45) is 1.42. The second-order valence-electron chi connectivity index (χ2n) is 9.63. The maximum Gasteiger partial charge on any atom is 0.259 e. The number of sulfonamides is 2. The van der Waals surface area contributed by atoms with E-state index in [9.17, 15) is 21.6 Å². The Balaban J connectivity index is 1.54. The van der Waals surface area contributed by atoms with E-state index in [4.69, 9.17) is 4.74 Å². The van der Waals surface area contributed by atoms with Crippen molar-refractivity contribution < 1.29 is 26.4 Å². The first kappa shape index (κ1) is 29.4. The third kappa shape index (κ3) is 6.94. The highest BCUT2D eigenvalue weighted by Gasteiger charge is 2.43. The number of hydrazone groups is 1. The van der Waals surface area contributed by atoms with Gasteiger partial charge < -0.3 is 4.74 Å². The molecular weight excluding hydrogens is 552 g/mol. The standard InChI is InChI=1S/C28H32N4O6S2/c1-22(2)21-38-24-15-13-23(14-16-24)19-29-30-28(33)27-20-31(39(34,35)25-9-5-3-6-10-25)17-18-32(27)40(36,37)26-11-7-4-8-12-26/h3-16,19,22,27H,17-18,20-21H2,1-2H3,(H,30,33)/b29-19-/t27-/m1/s1. The topological polar surface area (TPSA) is 125 Å². The van der Waals surface area contributed by atoms with Gasteiger partial charge >= 0.3 is 0 Å². The van der Waals surface area contributed by atoms with Crippen molar-refractivity contribution in [3.63, 3.8) is 0 Å². The summed E-state index contributed by atoms with van der Waals surface area (Å²) in [5, 5.41) is 4.00. The van der Waals surface area contributed by atoms with Crippen LogP contribution in [-0.4, -0.2) is 69.9 Å². The molecule has 0 aromatic heterocycles. The first-order valence-corrected chi connectivity index (χ1v) is 15.6. The zero-order valence-electron chi connectivity index (χ0n) is 22.3. The van der Waals surface area contributed by atoms with Gasteiger partial charge in [-0.3, -0.25) is 4.79 Å². The summed E-state index contributed by atoms with van der Waals surface area (Å²) < 4.78 is 61.3. The first-order valence-electron chi connectivity index (χ1n) is 12.8. The van der Waals surface area contributed by atoms with E-state index in [1.165, 1.54) is 30.5 Å². The van der Waals surface area contributed by atoms with Crippen LogP contribution in [-0.2, 0) is 24.8 Å². The third-order valence-electron chi connectivity index (χ3n) is 6.18. The van der Waals surface area contributed by atoms with Crippen molar-refractivity contribution in [1.29, 1.82) is 0 Å². The predicted octanol–water partition coefficient (Wildman–Crippen LogP) is 2.94. The van der Waals surface area contributed by atoms with Crippen molar-refractivity contribution in [2.75, 3.05) is 26.2 Å². The molecule has 3 aromatic rings. The molecule has 1 aliphatic heterocycles. The van der Waals surface area contributed by atoms with Crippen LogP contribution in [0.2, 0.25) is 0 Å². The molecule has 0 spiro atoms. The minimum Gasteiger partial charge on any atom is -0.493 e. The van der Waals surface area contributed by atoms with Crippen LogP contribution in [0.4, 0.5) is 0 Å². The number of piperazine rings is 1. The van der Waals surface area contributed by atoms with Crippen LogP contribution in [0.15, 0.2) is 99.8 Å². The van der Waals surface area contributed by atoms with E-state index in [1.54, 1.807) is 60.7 Å². The van der Waals surface area contributed by atoms with Crippen LogP contribution in [0, 0.1) is 5.92 Å². The fraction of sp³-hybridized carbons (Fsp3) is 0.286. The van der Waals surface area contributed by atoms with Crippen molar-refractivity contribution in [3.05, 3.63) is 90.5 Å². The Morgan fingerprint density at radius 2 is 1.48 bits per heavy atom. The maximum atomic E-state index is 13.5. The van der Waals surface area contributed by atoms with Gasteiger partial charge in [0.2, 0.25) is 20.0 Å². The number of hydrogen-bond acceptors (Lipinski definition) is 7. The second-order valence-corrected chi connectivity index (χ2v) is 13.5. The largest absolute Gasteiger partial charge is 0.493 e. The van der Waals surface area contributed by atoms with Gasteiger partial charge in [0.15, 0.2) is 0 Å². The first-order chi connectivity index (χ1) is 19.1.